The van der Waals surface area contributed by atoms with Crippen molar-refractivity contribution >= 4 is 54.0 Å². The first-order valence-corrected chi connectivity index (χ1v) is 14.0. The highest BCUT2D eigenvalue weighted by Gasteiger charge is 2.40. The number of aryl methyl sites for hydroxylation is 1. The number of benzene rings is 2. The molecule has 0 radical (unpaired) electrons. The van der Waals surface area contributed by atoms with Crippen molar-refractivity contribution in [2.75, 3.05) is 30.7 Å². The van der Waals surface area contributed by atoms with Gasteiger partial charge in [-0.25, -0.2) is 0 Å². The van der Waals surface area contributed by atoms with Crippen LogP contribution in [0, 0.1) is 10.8 Å². The summed E-state index contributed by atoms with van der Waals surface area (Å²) in [6.45, 7) is 5.94. The van der Waals surface area contributed by atoms with E-state index in [1.165, 1.54) is 33.5 Å². The highest BCUT2D eigenvalue weighted by atomic mass is 35.5. The summed E-state index contributed by atoms with van der Waals surface area (Å²) in [6.07, 6.45) is 10.4. The average Bonchev–Trinajstić information content (AvgIpc) is 3.47. The predicted molar refractivity (Wildman–Crippen MR) is 154 cm³/mol. The molecule has 1 aliphatic carbocycles. The third-order valence-electron chi connectivity index (χ3n) is 7.21. The molecule has 186 valence electrons. The van der Waals surface area contributed by atoms with E-state index in [0.717, 1.165) is 56.2 Å². The molecule has 0 amide bonds. The number of anilines is 1. The van der Waals surface area contributed by atoms with Crippen LogP contribution in [0.1, 0.15) is 42.0 Å². The number of fused-ring (bicyclic) bond motifs is 2. The summed E-state index contributed by atoms with van der Waals surface area (Å²) in [7, 11) is 1.79. The summed E-state index contributed by atoms with van der Waals surface area (Å²) < 4.78 is 2.31. The summed E-state index contributed by atoms with van der Waals surface area (Å²) in [5.41, 5.74) is 5.76. The lowest BCUT2D eigenvalue weighted by Gasteiger charge is -2.31. The number of amidine groups is 1. The molecular weight excluding hydrogens is 494 g/mol. The van der Waals surface area contributed by atoms with Gasteiger partial charge in [0.05, 0.1) is 18.3 Å². The monoisotopic (exact) mass is 527 g/mol. The standard InChI is InChI=1S/C26H30ClN5S.CH4S/c1-26(25(29)30(2)17-28)9-8-19-6-7-20(14-22(19)26)32-16-21-23(27)12-18(13-24(21)33-32)15-31-10-4-3-5-11-31;1-2/h3-4,6-7,12-14,17,28-29H,5,8-11,15-16H2,1-2H3;2H,1H3. The average molecular weight is 528 g/mol. The molecule has 2 heterocycles. The molecule has 0 aromatic heterocycles. The van der Waals surface area contributed by atoms with E-state index in [9.17, 15) is 0 Å². The van der Waals surface area contributed by atoms with Crippen LogP contribution in [0.3, 0.4) is 0 Å². The zero-order chi connectivity index (χ0) is 25.2. The van der Waals surface area contributed by atoms with E-state index < -0.39 is 0 Å². The van der Waals surface area contributed by atoms with Crippen molar-refractivity contribution in [2.45, 2.75) is 49.6 Å². The topological polar surface area (TPSA) is 57.4 Å². The maximum atomic E-state index is 8.69. The zero-order valence-electron chi connectivity index (χ0n) is 20.6. The quantitative estimate of drug-likeness (QED) is 0.138. The van der Waals surface area contributed by atoms with Crippen LogP contribution in [-0.2, 0) is 24.9 Å². The van der Waals surface area contributed by atoms with Crippen LogP contribution in [0.15, 0.2) is 47.4 Å². The SMILES string of the molecule is CN(C=N)C(=N)C1(C)CCc2ccc(N3Cc4c(Cl)cc(CN5CC=CCC5)cc4S3)cc21.CS. The number of likely N-dealkylation sites (N-methyl/N-ethyl adjacent to an activating group) is 1. The van der Waals surface area contributed by atoms with Gasteiger partial charge >= 0.3 is 0 Å². The molecule has 35 heavy (non-hydrogen) atoms. The normalized spacial score (nSPS) is 20.7. The van der Waals surface area contributed by atoms with Crippen molar-refractivity contribution in [1.82, 2.24) is 9.80 Å². The van der Waals surface area contributed by atoms with Gasteiger partial charge in [0.2, 0.25) is 0 Å². The molecule has 0 spiro atoms. The van der Waals surface area contributed by atoms with Crippen LogP contribution in [0.4, 0.5) is 5.69 Å². The zero-order valence-corrected chi connectivity index (χ0v) is 23.1. The number of nitrogens with zero attached hydrogens (tertiary/aromatic N) is 3. The Labute approximate surface area is 224 Å². The molecule has 1 unspecified atom stereocenters. The highest BCUT2D eigenvalue weighted by Crippen LogP contribution is 2.46. The molecule has 8 heteroatoms. The van der Waals surface area contributed by atoms with Gasteiger partial charge in [-0.3, -0.25) is 15.7 Å². The lowest BCUT2D eigenvalue weighted by atomic mass is 9.82. The van der Waals surface area contributed by atoms with Gasteiger partial charge in [0.1, 0.15) is 5.84 Å². The second kappa shape index (κ2) is 11.0. The van der Waals surface area contributed by atoms with Crippen LogP contribution in [0.2, 0.25) is 5.02 Å². The minimum Gasteiger partial charge on any atom is -0.324 e. The van der Waals surface area contributed by atoms with Crippen molar-refractivity contribution in [2.24, 2.45) is 0 Å². The Hall–Kier alpha value is -1.93. The summed E-state index contributed by atoms with van der Waals surface area (Å²) >= 11 is 12.0. The predicted octanol–water partition coefficient (Wildman–Crippen LogP) is 6.40. The van der Waals surface area contributed by atoms with Gasteiger partial charge < -0.3 is 9.21 Å². The summed E-state index contributed by atoms with van der Waals surface area (Å²) in [5.74, 6) is 0.478. The smallest absolute Gasteiger partial charge is 0.111 e. The molecule has 1 atom stereocenters. The van der Waals surface area contributed by atoms with Crippen molar-refractivity contribution in [3.8, 4) is 0 Å². The van der Waals surface area contributed by atoms with Crippen LogP contribution in [0.5, 0.6) is 0 Å². The summed E-state index contributed by atoms with van der Waals surface area (Å²) in [5, 5.41) is 17.1. The summed E-state index contributed by atoms with van der Waals surface area (Å²) in [6, 6.07) is 11.1. The number of hydrogen-bond donors (Lipinski definition) is 3. The molecule has 0 saturated heterocycles. The van der Waals surface area contributed by atoms with Crippen LogP contribution in [-0.4, -0.2) is 48.4 Å². The van der Waals surface area contributed by atoms with E-state index >= 15 is 0 Å². The van der Waals surface area contributed by atoms with E-state index in [0.29, 0.717) is 5.84 Å². The van der Waals surface area contributed by atoms with E-state index in [1.807, 2.05) is 0 Å². The summed E-state index contributed by atoms with van der Waals surface area (Å²) in [4.78, 5) is 5.31. The molecule has 5 rings (SSSR count). The first kappa shape index (κ1) is 26.1. The molecular formula is C27H34ClN5S2. The van der Waals surface area contributed by atoms with Gasteiger partial charge in [-0.1, -0.05) is 29.8 Å². The Morgan fingerprint density at radius 3 is 2.77 bits per heavy atom. The van der Waals surface area contributed by atoms with Gasteiger partial charge in [0, 0.05) is 47.9 Å². The minimum absolute atomic E-state index is 0.372. The number of rotatable bonds is 5. The Kier molecular flexibility index (Phi) is 8.21. The fraction of sp³-hybridized carbons (Fsp3) is 0.407. The number of halogens is 1. The first-order valence-electron chi connectivity index (χ1n) is 11.9. The van der Waals surface area contributed by atoms with Gasteiger partial charge in [0.15, 0.2) is 0 Å². The van der Waals surface area contributed by atoms with E-state index in [4.69, 9.17) is 22.4 Å². The molecule has 2 N–H and O–H groups in total. The largest absolute Gasteiger partial charge is 0.324 e. The van der Waals surface area contributed by atoms with Crippen molar-refractivity contribution in [3.05, 3.63) is 69.8 Å². The lowest BCUT2D eigenvalue weighted by Crippen LogP contribution is -2.40. The molecule has 0 bridgehead atoms. The molecule has 2 aromatic carbocycles. The maximum absolute atomic E-state index is 8.69. The Morgan fingerprint density at radius 2 is 2.06 bits per heavy atom. The third kappa shape index (κ3) is 5.15. The minimum atomic E-state index is -0.372. The molecule has 2 aromatic rings. The molecule has 0 fully saturated rings. The van der Waals surface area contributed by atoms with E-state index in [1.54, 1.807) is 30.2 Å². The Bertz CT molecular complexity index is 1150. The van der Waals surface area contributed by atoms with Crippen LogP contribution < -0.4 is 4.31 Å². The molecule has 3 aliphatic rings. The van der Waals surface area contributed by atoms with Gasteiger partial charge in [-0.2, -0.15) is 12.6 Å². The second-order valence-electron chi connectivity index (χ2n) is 9.44. The van der Waals surface area contributed by atoms with E-state index in [2.05, 4.69) is 71.2 Å². The van der Waals surface area contributed by atoms with Crippen molar-refractivity contribution in [3.63, 3.8) is 0 Å². The highest BCUT2D eigenvalue weighted by molar-refractivity contribution is 8.01. The number of thiol groups is 1. The molecule has 2 aliphatic heterocycles. The van der Waals surface area contributed by atoms with Crippen molar-refractivity contribution in [1.29, 1.82) is 10.8 Å². The molecule has 5 nitrogen and oxygen atoms in total. The number of hydrogen-bond acceptors (Lipinski definition) is 6. The maximum Gasteiger partial charge on any atom is 0.111 e. The van der Waals surface area contributed by atoms with Crippen molar-refractivity contribution < 1.29 is 0 Å². The lowest BCUT2D eigenvalue weighted by molar-refractivity contribution is 0.290. The fourth-order valence-corrected chi connectivity index (χ4v) is 6.69. The van der Waals surface area contributed by atoms with Crippen LogP contribution >= 0.6 is 36.2 Å². The third-order valence-corrected chi connectivity index (χ3v) is 8.67. The van der Waals surface area contributed by atoms with Crippen LogP contribution in [0.25, 0.3) is 0 Å². The first-order chi connectivity index (χ1) is 16.9. The van der Waals surface area contributed by atoms with Gasteiger partial charge in [-0.15, -0.1) is 0 Å². The fourth-order valence-electron chi connectivity index (χ4n) is 5.19. The van der Waals surface area contributed by atoms with Gasteiger partial charge in [0.25, 0.3) is 0 Å². The Balaban J connectivity index is 0.00000141. The number of nitrogens with one attached hydrogen (secondary N) is 2. The van der Waals surface area contributed by atoms with E-state index in [-0.39, 0.29) is 5.41 Å². The van der Waals surface area contributed by atoms with Gasteiger partial charge in [-0.05, 0) is 85.3 Å². The molecule has 0 saturated carbocycles. The second-order valence-corrected chi connectivity index (χ2v) is 10.9. The Morgan fingerprint density at radius 1 is 1.26 bits per heavy atom.